The molecule has 0 fully saturated rings. The lowest BCUT2D eigenvalue weighted by Gasteiger charge is -2.12. The summed E-state index contributed by atoms with van der Waals surface area (Å²) in [4.78, 5) is 16.5. The highest BCUT2D eigenvalue weighted by atomic mass is 32.2. The molecule has 2 aromatic rings. The predicted octanol–water partition coefficient (Wildman–Crippen LogP) is 2.69. The van der Waals surface area contributed by atoms with E-state index in [4.69, 9.17) is 9.26 Å². The number of esters is 1. The molecule has 130 valence electrons. The van der Waals surface area contributed by atoms with Crippen LogP contribution in [0.4, 0.5) is 0 Å². The van der Waals surface area contributed by atoms with Gasteiger partial charge in [0.05, 0.1) is 10.5 Å². The number of sulfone groups is 1. The standard InChI is InChI=1S/C16H20N2O5S/c1-10(13-17-15(18-23-13)16(2,3)4)22-14(19)11-7-6-8-12(9-11)24(5,20)21/h6-10H,1-5H3/t10-/m1/s1. The number of hydrogen-bond acceptors (Lipinski definition) is 7. The van der Waals surface area contributed by atoms with Crippen molar-refractivity contribution < 1.29 is 22.5 Å². The SMILES string of the molecule is C[C@@H](OC(=O)c1cccc(S(C)(=O)=O)c1)c1nc(C(C)(C)C)no1. The Labute approximate surface area is 140 Å². The largest absolute Gasteiger partial charge is 0.449 e. The Morgan fingerprint density at radius 3 is 2.50 bits per heavy atom. The second-order valence-electron chi connectivity index (χ2n) is 6.55. The molecule has 2 rings (SSSR count). The van der Waals surface area contributed by atoms with Crippen molar-refractivity contribution in [3.8, 4) is 0 Å². The zero-order valence-electron chi connectivity index (χ0n) is 14.2. The summed E-state index contributed by atoms with van der Waals surface area (Å²) in [5.41, 5.74) is -0.143. The van der Waals surface area contributed by atoms with Crippen LogP contribution in [0.5, 0.6) is 0 Å². The quantitative estimate of drug-likeness (QED) is 0.780. The Kier molecular flexibility index (Phi) is 4.80. The summed E-state index contributed by atoms with van der Waals surface area (Å²) in [5.74, 6) is 0.0375. The first kappa shape index (κ1) is 18.1. The van der Waals surface area contributed by atoms with Crippen LogP contribution in [0.15, 0.2) is 33.7 Å². The van der Waals surface area contributed by atoms with Gasteiger partial charge in [0.1, 0.15) is 0 Å². The molecule has 0 spiro atoms. The smallest absolute Gasteiger partial charge is 0.338 e. The summed E-state index contributed by atoms with van der Waals surface area (Å²) in [6.45, 7) is 7.43. The summed E-state index contributed by atoms with van der Waals surface area (Å²) < 4.78 is 33.5. The Balaban J connectivity index is 2.16. The fourth-order valence-electron chi connectivity index (χ4n) is 1.84. The molecule has 1 aromatic heterocycles. The van der Waals surface area contributed by atoms with E-state index >= 15 is 0 Å². The van der Waals surface area contributed by atoms with E-state index in [9.17, 15) is 13.2 Å². The third kappa shape index (κ3) is 4.19. The summed E-state index contributed by atoms with van der Waals surface area (Å²) in [7, 11) is -3.40. The third-order valence-electron chi connectivity index (χ3n) is 3.24. The molecule has 0 amide bonds. The Bertz CT molecular complexity index is 849. The van der Waals surface area contributed by atoms with Crippen LogP contribution in [0.2, 0.25) is 0 Å². The highest BCUT2D eigenvalue weighted by molar-refractivity contribution is 7.90. The van der Waals surface area contributed by atoms with Crippen molar-refractivity contribution >= 4 is 15.8 Å². The number of aromatic nitrogens is 2. The van der Waals surface area contributed by atoms with E-state index in [1.165, 1.54) is 24.3 Å². The van der Waals surface area contributed by atoms with E-state index in [2.05, 4.69) is 10.1 Å². The number of ether oxygens (including phenoxy) is 1. The molecule has 0 unspecified atom stereocenters. The van der Waals surface area contributed by atoms with Crippen LogP contribution in [0.25, 0.3) is 0 Å². The Morgan fingerprint density at radius 1 is 1.29 bits per heavy atom. The van der Waals surface area contributed by atoms with E-state index in [1.54, 1.807) is 6.92 Å². The lowest BCUT2D eigenvalue weighted by atomic mass is 9.96. The van der Waals surface area contributed by atoms with E-state index in [0.717, 1.165) is 6.26 Å². The van der Waals surface area contributed by atoms with Gasteiger partial charge < -0.3 is 9.26 Å². The molecule has 0 bridgehead atoms. The summed E-state index contributed by atoms with van der Waals surface area (Å²) >= 11 is 0. The minimum atomic E-state index is -3.40. The number of nitrogens with zero attached hydrogens (tertiary/aromatic N) is 2. The highest BCUT2D eigenvalue weighted by Crippen LogP contribution is 2.23. The van der Waals surface area contributed by atoms with Gasteiger partial charge in [0, 0.05) is 11.7 Å². The molecule has 7 nitrogen and oxygen atoms in total. The topological polar surface area (TPSA) is 99.4 Å². The van der Waals surface area contributed by atoms with Gasteiger partial charge in [-0.15, -0.1) is 0 Å². The minimum absolute atomic E-state index is 0.0532. The molecular weight excluding hydrogens is 332 g/mol. The monoisotopic (exact) mass is 352 g/mol. The summed E-state index contributed by atoms with van der Waals surface area (Å²) in [5, 5.41) is 3.88. The van der Waals surface area contributed by atoms with Crippen molar-refractivity contribution in [2.24, 2.45) is 0 Å². The molecule has 1 heterocycles. The van der Waals surface area contributed by atoms with E-state index in [0.29, 0.717) is 5.82 Å². The van der Waals surface area contributed by atoms with Gasteiger partial charge in [0.25, 0.3) is 5.89 Å². The third-order valence-corrected chi connectivity index (χ3v) is 4.35. The number of carbonyl (C=O) groups is 1. The van der Waals surface area contributed by atoms with Gasteiger partial charge in [-0.25, -0.2) is 13.2 Å². The van der Waals surface area contributed by atoms with Gasteiger partial charge in [0.15, 0.2) is 21.8 Å². The maximum absolute atomic E-state index is 12.2. The number of hydrogen-bond donors (Lipinski definition) is 0. The lowest BCUT2D eigenvalue weighted by Crippen LogP contribution is -2.14. The molecule has 0 aliphatic carbocycles. The van der Waals surface area contributed by atoms with Gasteiger partial charge in [-0.05, 0) is 25.1 Å². The Morgan fingerprint density at radius 2 is 1.96 bits per heavy atom. The lowest BCUT2D eigenvalue weighted by molar-refractivity contribution is 0.0265. The van der Waals surface area contributed by atoms with Crippen LogP contribution in [0.1, 0.15) is 55.9 Å². The van der Waals surface area contributed by atoms with Crippen molar-refractivity contribution in [2.75, 3.05) is 6.26 Å². The zero-order chi connectivity index (χ0) is 18.1. The highest BCUT2D eigenvalue weighted by Gasteiger charge is 2.25. The van der Waals surface area contributed by atoms with Crippen LogP contribution < -0.4 is 0 Å². The molecule has 1 atom stereocenters. The molecule has 0 aliphatic heterocycles. The number of rotatable bonds is 4. The van der Waals surface area contributed by atoms with Crippen molar-refractivity contribution in [2.45, 2.75) is 44.1 Å². The Hall–Kier alpha value is -2.22. The number of carbonyl (C=O) groups excluding carboxylic acids is 1. The van der Waals surface area contributed by atoms with E-state index in [-0.39, 0.29) is 21.8 Å². The maximum Gasteiger partial charge on any atom is 0.338 e. The second kappa shape index (κ2) is 6.35. The minimum Gasteiger partial charge on any atom is -0.449 e. The fourth-order valence-corrected chi connectivity index (χ4v) is 2.50. The summed E-state index contributed by atoms with van der Waals surface area (Å²) in [6.07, 6.45) is 0.329. The average Bonchev–Trinajstić information content (AvgIpc) is 2.96. The van der Waals surface area contributed by atoms with Gasteiger partial charge in [-0.1, -0.05) is 32.0 Å². The second-order valence-corrected chi connectivity index (χ2v) is 8.57. The fraction of sp³-hybridized carbons (Fsp3) is 0.438. The normalized spacial score (nSPS) is 13.5. The molecule has 0 radical (unpaired) electrons. The molecule has 0 N–H and O–H groups in total. The first-order valence-corrected chi connectivity index (χ1v) is 9.23. The summed E-state index contributed by atoms with van der Waals surface area (Å²) in [6, 6.07) is 5.67. The molecule has 0 saturated heterocycles. The van der Waals surface area contributed by atoms with Gasteiger partial charge in [-0.2, -0.15) is 4.98 Å². The maximum atomic E-state index is 12.2. The van der Waals surface area contributed by atoms with Gasteiger partial charge in [0.2, 0.25) is 0 Å². The predicted molar refractivity (Wildman–Crippen MR) is 86.4 cm³/mol. The first-order chi connectivity index (χ1) is 11.0. The average molecular weight is 352 g/mol. The number of benzene rings is 1. The van der Waals surface area contributed by atoms with E-state index in [1.807, 2.05) is 20.8 Å². The zero-order valence-corrected chi connectivity index (χ0v) is 15.0. The molecule has 24 heavy (non-hydrogen) atoms. The van der Waals surface area contributed by atoms with Crippen molar-refractivity contribution in [1.29, 1.82) is 0 Å². The van der Waals surface area contributed by atoms with Crippen LogP contribution >= 0.6 is 0 Å². The molecule has 8 heteroatoms. The van der Waals surface area contributed by atoms with Crippen molar-refractivity contribution in [1.82, 2.24) is 10.1 Å². The van der Waals surface area contributed by atoms with Crippen LogP contribution in [-0.4, -0.2) is 30.8 Å². The van der Waals surface area contributed by atoms with E-state index < -0.39 is 21.9 Å². The van der Waals surface area contributed by atoms with Crippen LogP contribution in [0.3, 0.4) is 0 Å². The molecule has 0 saturated carbocycles. The van der Waals surface area contributed by atoms with Gasteiger partial charge in [-0.3, -0.25) is 0 Å². The van der Waals surface area contributed by atoms with Crippen molar-refractivity contribution in [3.05, 3.63) is 41.5 Å². The molecule has 1 aromatic carbocycles. The van der Waals surface area contributed by atoms with Gasteiger partial charge >= 0.3 is 5.97 Å². The van der Waals surface area contributed by atoms with Crippen LogP contribution in [0, 0.1) is 0 Å². The molecule has 0 aliphatic rings. The van der Waals surface area contributed by atoms with Crippen molar-refractivity contribution in [3.63, 3.8) is 0 Å². The first-order valence-electron chi connectivity index (χ1n) is 7.33. The molecular formula is C16H20N2O5S. The van der Waals surface area contributed by atoms with Crippen LogP contribution in [-0.2, 0) is 20.0 Å².